The zero-order valence-corrected chi connectivity index (χ0v) is 12.4. The van der Waals surface area contributed by atoms with Gasteiger partial charge >= 0.3 is 0 Å². The second kappa shape index (κ2) is 5.69. The van der Waals surface area contributed by atoms with Gasteiger partial charge in [-0.05, 0) is 31.0 Å². The number of piperidine rings is 1. The molecule has 4 nitrogen and oxygen atoms in total. The highest BCUT2D eigenvalue weighted by Crippen LogP contribution is 2.22. The largest absolute Gasteiger partial charge is 0.337 e. The van der Waals surface area contributed by atoms with Crippen molar-refractivity contribution >= 4 is 37.2 Å². The number of carbonyl (C=O) groups is 1. The summed E-state index contributed by atoms with van der Waals surface area (Å²) in [6.45, 7) is 0.672. The smallest absolute Gasteiger partial charge is 0.253 e. The van der Waals surface area contributed by atoms with Crippen LogP contribution in [0.1, 0.15) is 23.2 Å². The Labute approximate surface area is 121 Å². The van der Waals surface area contributed by atoms with E-state index >= 15 is 0 Å². The van der Waals surface area contributed by atoms with Crippen molar-refractivity contribution in [2.75, 3.05) is 13.1 Å². The maximum Gasteiger partial charge on any atom is 0.253 e. The zero-order valence-electron chi connectivity index (χ0n) is 10.1. The Balaban J connectivity index is 2.16. The van der Waals surface area contributed by atoms with E-state index in [9.17, 15) is 13.2 Å². The number of likely N-dealkylation sites (tertiary alicyclic amines) is 1. The van der Waals surface area contributed by atoms with Crippen LogP contribution in [0.15, 0.2) is 24.3 Å². The molecule has 1 aliphatic heterocycles. The van der Waals surface area contributed by atoms with Gasteiger partial charge in [0.15, 0.2) is 0 Å². The van der Waals surface area contributed by atoms with E-state index in [4.69, 9.17) is 22.3 Å². The Hall–Kier alpha value is -0.780. The van der Waals surface area contributed by atoms with Gasteiger partial charge in [-0.25, -0.2) is 8.42 Å². The molecule has 0 spiro atoms. The van der Waals surface area contributed by atoms with Gasteiger partial charge in [-0.2, -0.15) is 0 Å². The van der Waals surface area contributed by atoms with Crippen LogP contribution in [0, 0.1) is 0 Å². The summed E-state index contributed by atoms with van der Waals surface area (Å²) in [7, 11) is 1.74. The van der Waals surface area contributed by atoms with Gasteiger partial charge in [-0.15, -0.1) is 0 Å². The molecule has 1 aromatic carbocycles. The van der Waals surface area contributed by atoms with Crippen molar-refractivity contribution in [3.8, 4) is 0 Å². The molecule has 0 unspecified atom stereocenters. The lowest BCUT2D eigenvalue weighted by atomic mass is 10.1. The first-order valence-electron chi connectivity index (χ1n) is 5.86. The Bertz CT molecular complexity index is 588. The summed E-state index contributed by atoms with van der Waals surface area (Å²) >= 11 is 5.84. The summed E-state index contributed by atoms with van der Waals surface area (Å²) in [4.78, 5) is 13.8. The molecule has 0 aromatic heterocycles. The first-order chi connectivity index (χ1) is 8.88. The summed E-state index contributed by atoms with van der Waals surface area (Å²) in [6.07, 6.45) is 1.12. The summed E-state index contributed by atoms with van der Waals surface area (Å²) in [5.74, 6) is -0.215. The first-order valence-corrected chi connectivity index (χ1v) is 8.61. The summed E-state index contributed by atoms with van der Waals surface area (Å²) < 4.78 is 22.7. The molecule has 1 aromatic rings. The summed E-state index contributed by atoms with van der Waals surface area (Å²) in [6, 6.07) is 6.60. The Morgan fingerprint density at radius 1 is 1.37 bits per heavy atom. The molecule has 0 radical (unpaired) electrons. The van der Waals surface area contributed by atoms with Crippen molar-refractivity contribution in [1.82, 2.24) is 4.90 Å². The molecule has 19 heavy (non-hydrogen) atoms. The van der Waals surface area contributed by atoms with Gasteiger partial charge < -0.3 is 4.90 Å². The van der Waals surface area contributed by atoms with E-state index < -0.39 is 14.3 Å². The van der Waals surface area contributed by atoms with Crippen molar-refractivity contribution < 1.29 is 13.2 Å². The van der Waals surface area contributed by atoms with Crippen LogP contribution in [0.25, 0.3) is 0 Å². The molecule has 0 N–H and O–H groups in total. The molecule has 0 bridgehead atoms. The van der Waals surface area contributed by atoms with Gasteiger partial charge in [0.2, 0.25) is 9.05 Å². The van der Waals surface area contributed by atoms with Crippen LogP contribution in [-0.4, -0.2) is 37.6 Å². The van der Waals surface area contributed by atoms with Crippen LogP contribution < -0.4 is 0 Å². The van der Waals surface area contributed by atoms with E-state index in [1.165, 1.54) is 4.90 Å². The minimum atomic E-state index is -3.63. The van der Waals surface area contributed by atoms with E-state index in [0.29, 0.717) is 30.0 Å². The van der Waals surface area contributed by atoms with Gasteiger partial charge in [-0.3, -0.25) is 4.79 Å². The third kappa shape index (κ3) is 3.61. The number of rotatable bonds is 2. The number of carbonyl (C=O) groups excluding carboxylic acids is 1. The summed E-state index contributed by atoms with van der Waals surface area (Å²) in [5, 5.41) is -0.213. The van der Waals surface area contributed by atoms with E-state index in [2.05, 4.69) is 0 Å². The Kier molecular flexibility index (Phi) is 4.38. The van der Waals surface area contributed by atoms with E-state index in [1.807, 2.05) is 0 Å². The lowest BCUT2D eigenvalue weighted by Gasteiger charge is -2.31. The van der Waals surface area contributed by atoms with Crippen LogP contribution in [0.5, 0.6) is 0 Å². The number of hydrogen-bond acceptors (Lipinski definition) is 3. The molecule has 1 heterocycles. The van der Waals surface area contributed by atoms with Crippen LogP contribution in [0.4, 0.5) is 0 Å². The van der Waals surface area contributed by atoms with Crippen molar-refractivity contribution in [1.29, 1.82) is 0 Å². The molecular formula is C12H13Cl2NO3S. The van der Waals surface area contributed by atoms with Crippen molar-refractivity contribution in [3.05, 3.63) is 34.9 Å². The molecule has 2 rings (SSSR count). The predicted octanol–water partition coefficient (Wildman–Crippen LogP) is 2.51. The minimum absolute atomic E-state index is 0.136. The van der Waals surface area contributed by atoms with E-state index in [-0.39, 0.29) is 12.5 Å². The van der Waals surface area contributed by atoms with Gasteiger partial charge in [0.1, 0.15) is 0 Å². The molecule has 0 aliphatic carbocycles. The van der Waals surface area contributed by atoms with Gasteiger partial charge in [0, 0.05) is 34.4 Å². The fourth-order valence-corrected chi connectivity index (χ4v) is 3.59. The molecule has 1 amide bonds. The second-order valence-electron chi connectivity index (χ2n) is 4.50. The molecule has 0 saturated carbocycles. The molecule has 1 saturated heterocycles. The number of amides is 1. The third-order valence-corrected chi connectivity index (χ3v) is 5.31. The second-order valence-corrected chi connectivity index (χ2v) is 7.85. The minimum Gasteiger partial charge on any atom is -0.337 e. The zero-order chi connectivity index (χ0) is 14.0. The SMILES string of the molecule is O=C(c1cccc(Cl)c1)N1CCC[C@H](S(=O)(=O)Cl)C1. The number of halogens is 2. The maximum absolute atomic E-state index is 12.3. The number of hydrogen-bond donors (Lipinski definition) is 0. The van der Waals surface area contributed by atoms with Crippen LogP contribution in [0.3, 0.4) is 0 Å². The average molecular weight is 322 g/mol. The number of benzene rings is 1. The average Bonchev–Trinajstić information content (AvgIpc) is 2.37. The van der Waals surface area contributed by atoms with Gasteiger partial charge in [0.05, 0.1) is 5.25 Å². The fraction of sp³-hybridized carbons (Fsp3) is 0.417. The van der Waals surface area contributed by atoms with Crippen LogP contribution in [-0.2, 0) is 9.05 Å². The summed E-state index contributed by atoms with van der Waals surface area (Å²) in [5.41, 5.74) is 0.458. The van der Waals surface area contributed by atoms with Crippen LogP contribution >= 0.6 is 22.3 Å². The van der Waals surface area contributed by atoms with Gasteiger partial charge in [-0.1, -0.05) is 17.7 Å². The maximum atomic E-state index is 12.3. The van der Waals surface area contributed by atoms with Crippen molar-refractivity contribution in [2.24, 2.45) is 0 Å². The quantitative estimate of drug-likeness (QED) is 0.786. The lowest BCUT2D eigenvalue weighted by Crippen LogP contribution is -2.44. The molecule has 1 aliphatic rings. The Morgan fingerprint density at radius 3 is 2.74 bits per heavy atom. The monoisotopic (exact) mass is 321 g/mol. The predicted molar refractivity (Wildman–Crippen MR) is 75.2 cm³/mol. The molecule has 7 heteroatoms. The highest BCUT2D eigenvalue weighted by molar-refractivity contribution is 8.14. The Morgan fingerprint density at radius 2 is 2.11 bits per heavy atom. The standard InChI is InChI=1S/C12H13Cl2NO3S/c13-10-4-1-3-9(7-10)12(16)15-6-2-5-11(8-15)19(14,17)18/h1,3-4,7,11H,2,5-6,8H2/t11-/m0/s1. The third-order valence-electron chi connectivity index (χ3n) is 3.14. The molecule has 104 valence electrons. The molecule has 1 atom stereocenters. The van der Waals surface area contributed by atoms with Crippen molar-refractivity contribution in [2.45, 2.75) is 18.1 Å². The topological polar surface area (TPSA) is 54.5 Å². The van der Waals surface area contributed by atoms with Crippen LogP contribution in [0.2, 0.25) is 5.02 Å². The first kappa shape index (κ1) is 14.6. The van der Waals surface area contributed by atoms with Crippen molar-refractivity contribution in [3.63, 3.8) is 0 Å². The number of nitrogens with zero attached hydrogens (tertiary/aromatic N) is 1. The van der Waals surface area contributed by atoms with E-state index in [1.54, 1.807) is 24.3 Å². The highest BCUT2D eigenvalue weighted by Gasteiger charge is 2.31. The van der Waals surface area contributed by atoms with E-state index in [0.717, 1.165) is 0 Å². The lowest BCUT2D eigenvalue weighted by molar-refractivity contribution is 0.0727. The van der Waals surface area contributed by atoms with Gasteiger partial charge in [0.25, 0.3) is 5.91 Å². The fourth-order valence-electron chi connectivity index (χ4n) is 2.16. The molecule has 1 fully saturated rings. The molecular weight excluding hydrogens is 309 g/mol. The normalized spacial score (nSPS) is 20.3. The highest BCUT2D eigenvalue weighted by atomic mass is 35.7.